The first kappa shape index (κ1) is 19.7. The minimum absolute atomic E-state index is 0.236. The molecule has 1 saturated heterocycles. The van der Waals surface area contributed by atoms with E-state index in [1.165, 1.54) is 0 Å². The number of rotatable bonds is 4. The number of nitrogens with zero attached hydrogens (tertiary/aromatic N) is 1. The fraction of sp³-hybridized carbons (Fsp3) is 0.350. The molecule has 1 heterocycles. The average Bonchev–Trinajstić information content (AvgIpc) is 2.69. The SMILES string of the molecule is CCOC(=O)N1CCC(c2ccccc2)(S(=O)(=O)c2ccc(Cl)cc2)CC1. The number of ether oxygens (including phenoxy) is 1. The van der Waals surface area contributed by atoms with Crippen LogP contribution in [0.1, 0.15) is 25.3 Å². The molecule has 0 aromatic heterocycles. The lowest BCUT2D eigenvalue weighted by molar-refractivity contribution is 0.0940. The van der Waals surface area contributed by atoms with Gasteiger partial charge in [-0.1, -0.05) is 41.9 Å². The Bertz CT molecular complexity index is 889. The third-order valence-electron chi connectivity index (χ3n) is 5.04. The van der Waals surface area contributed by atoms with Gasteiger partial charge in [-0.05, 0) is 49.6 Å². The number of piperidine rings is 1. The fourth-order valence-corrected chi connectivity index (χ4v) is 5.80. The summed E-state index contributed by atoms with van der Waals surface area (Å²) in [6.07, 6.45) is 0.213. The summed E-state index contributed by atoms with van der Waals surface area (Å²) in [5.41, 5.74) is 0.739. The van der Waals surface area contributed by atoms with Crippen LogP contribution in [0.15, 0.2) is 59.5 Å². The van der Waals surface area contributed by atoms with E-state index in [2.05, 4.69) is 0 Å². The lowest BCUT2D eigenvalue weighted by Crippen LogP contribution is -2.49. The fourth-order valence-electron chi connectivity index (χ4n) is 3.56. The summed E-state index contributed by atoms with van der Waals surface area (Å²) in [7, 11) is -3.69. The Morgan fingerprint density at radius 2 is 1.67 bits per heavy atom. The number of amides is 1. The van der Waals surface area contributed by atoms with E-state index >= 15 is 0 Å². The van der Waals surface area contributed by atoms with Crippen LogP contribution < -0.4 is 0 Å². The average molecular weight is 408 g/mol. The first-order valence-electron chi connectivity index (χ1n) is 8.88. The Hall–Kier alpha value is -2.05. The Labute approximate surface area is 164 Å². The van der Waals surface area contributed by atoms with Crippen molar-refractivity contribution in [3.8, 4) is 0 Å². The molecule has 0 unspecified atom stereocenters. The molecule has 0 spiro atoms. The van der Waals surface area contributed by atoms with Crippen molar-refractivity contribution in [2.45, 2.75) is 29.4 Å². The number of carbonyl (C=O) groups is 1. The number of sulfone groups is 1. The van der Waals surface area contributed by atoms with E-state index in [1.807, 2.05) is 30.3 Å². The first-order valence-corrected chi connectivity index (χ1v) is 10.7. The lowest BCUT2D eigenvalue weighted by atomic mass is 9.88. The number of benzene rings is 2. The molecule has 0 atom stereocenters. The van der Waals surface area contributed by atoms with E-state index < -0.39 is 20.7 Å². The van der Waals surface area contributed by atoms with Gasteiger partial charge in [-0.2, -0.15) is 0 Å². The van der Waals surface area contributed by atoms with Crippen LogP contribution >= 0.6 is 11.6 Å². The van der Waals surface area contributed by atoms with Crippen LogP contribution in [0.4, 0.5) is 4.79 Å². The van der Waals surface area contributed by atoms with Crippen LogP contribution in [0.2, 0.25) is 5.02 Å². The highest BCUT2D eigenvalue weighted by atomic mass is 35.5. The van der Waals surface area contributed by atoms with Crippen LogP contribution in [-0.2, 0) is 19.3 Å². The van der Waals surface area contributed by atoms with Gasteiger partial charge in [-0.15, -0.1) is 0 Å². The number of hydrogen-bond acceptors (Lipinski definition) is 4. The third-order valence-corrected chi connectivity index (χ3v) is 7.85. The Morgan fingerprint density at radius 3 is 2.22 bits per heavy atom. The quantitative estimate of drug-likeness (QED) is 0.759. The van der Waals surface area contributed by atoms with E-state index in [9.17, 15) is 13.2 Å². The van der Waals surface area contributed by atoms with Crippen molar-refractivity contribution in [2.75, 3.05) is 19.7 Å². The predicted molar refractivity (Wildman–Crippen MR) is 105 cm³/mol. The van der Waals surface area contributed by atoms with Gasteiger partial charge in [-0.3, -0.25) is 0 Å². The molecule has 2 aromatic carbocycles. The van der Waals surface area contributed by atoms with Crippen LogP contribution in [0.3, 0.4) is 0 Å². The molecule has 0 bridgehead atoms. The van der Waals surface area contributed by atoms with E-state index in [-0.39, 0.29) is 4.90 Å². The standard InChI is InChI=1S/C20H22ClNO4S/c1-2-26-19(23)22-14-12-20(13-15-22,16-6-4-3-5-7-16)27(24,25)18-10-8-17(21)9-11-18/h3-11H,2,12-15H2,1H3. The smallest absolute Gasteiger partial charge is 0.409 e. The number of likely N-dealkylation sites (tertiary alicyclic amines) is 1. The molecule has 0 radical (unpaired) electrons. The van der Waals surface area contributed by atoms with E-state index in [0.717, 1.165) is 5.56 Å². The van der Waals surface area contributed by atoms with Crippen molar-refractivity contribution in [2.24, 2.45) is 0 Å². The molecule has 1 amide bonds. The van der Waals surface area contributed by atoms with Gasteiger partial charge in [0, 0.05) is 18.1 Å². The monoisotopic (exact) mass is 407 g/mol. The van der Waals surface area contributed by atoms with Crippen molar-refractivity contribution in [3.05, 3.63) is 65.2 Å². The second kappa shape index (κ2) is 7.90. The van der Waals surface area contributed by atoms with Gasteiger partial charge in [-0.25, -0.2) is 13.2 Å². The molecule has 27 heavy (non-hydrogen) atoms. The minimum Gasteiger partial charge on any atom is -0.450 e. The summed E-state index contributed by atoms with van der Waals surface area (Å²) in [5, 5.41) is 0.486. The van der Waals surface area contributed by atoms with Gasteiger partial charge in [0.25, 0.3) is 0 Å². The predicted octanol–water partition coefficient (Wildman–Crippen LogP) is 4.26. The molecule has 5 nitrogen and oxygen atoms in total. The summed E-state index contributed by atoms with van der Waals surface area (Å²) < 4.78 is 31.3. The molecule has 0 saturated carbocycles. The van der Waals surface area contributed by atoms with Gasteiger partial charge in [0.15, 0.2) is 9.84 Å². The van der Waals surface area contributed by atoms with Crippen molar-refractivity contribution in [1.82, 2.24) is 4.90 Å². The Morgan fingerprint density at radius 1 is 1.07 bits per heavy atom. The van der Waals surface area contributed by atoms with E-state index in [4.69, 9.17) is 16.3 Å². The summed E-state index contributed by atoms with van der Waals surface area (Å²) in [5.74, 6) is 0. The normalized spacial score (nSPS) is 16.7. The maximum absolute atomic E-state index is 13.6. The highest BCUT2D eigenvalue weighted by Gasteiger charge is 2.48. The van der Waals surface area contributed by atoms with Crippen LogP contribution in [0, 0.1) is 0 Å². The Balaban J connectivity index is 2.01. The van der Waals surface area contributed by atoms with Gasteiger partial charge >= 0.3 is 6.09 Å². The maximum atomic E-state index is 13.6. The largest absolute Gasteiger partial charge is 0.450 e. The zero-order chi connectivity index (χ0) is 19.5. The van der Waals surface area contributed by atoms with Gasteiger partial charge < -0.3 is 9.64 Å². The molecular weight excluding hydrogens is 386 g/mol. The zero-order valence-corrected chi connectivity index (χ0v) is 16.7. The first-order chi connectivity index (χ1) is 12.9. The van der Waals surface area contributed by atoms with Crippen molar-refractivity contribution < 1.29 is 17.9 Å². The zero-order valence-electron chi connectivity index (χ0n) is 15.1. The number of hydrogen-bond donors (Lipinski definition) is 0. The van der Waals surface area contributed by atoms with Gasteiger partial charge in [0.1, 0.15) is 4.75 Å². The van der Waals surface area contributed by atoms with Crippen molar-refractivity contribution in [1.29, 1.82) is 0 Å². The molecular formula is C20H22ClNO4S. The molecule has 3 rings (SSSR count). The molecule has 1 fully saturated rings. The molecule has 0 aliphatic carbocycles. The minimum atomic E-state index is -3.69. The maximum Gasteiger partial charge on any atom is 0.409 e. The molecule has 1 aliphatic rings. The third kappa shape index (κ3) is 3.69. The molecule has 0 N–H and O–H groups in total. The van der Waals surface area contributed by atoms with Crippen LogP contribution in [-0.4, -0.2) is 39.1 Å². The molecule has 7 heteroatoms. The van der Waals surface area contributed by atoms with Crippen LogP contribution in [0.25, 0.3) is 0 Å². The van der Waals surface area contributed by atoms with Crippen molar-refractivity contribution in [3.63, 3.8) is 0 Å². The highest BCUT2D eigenvalue weighted by Crippen LogP contribution is 2.44. The van der Waals surface area contributed by atoms with E-state index in [0.29, 0.717) is 37.6 Å². The second-order valence-corrected chi connectivity index (χ2v) is 9.20. The van der Waals surface area contributed by atoms with Crippen molar-refractivity contribution >= 4 is 27.5 Å². The lowest BCUT2D eigenvalue weighted by Gasteiger charge is -2.41. The highest BCUT2D eigenvalue weighted by molar-refractivity contribution is 7.92. The summed E-state index contributed by atoms with van der Waals surface area (Å²) in [4.78, 5) is 13.9. The molecule has 1 aliphatic heterocycles. The topological polar surface area (TPSA) is 63.7 Å². The number of carbonyl (C=O) groups excluding carboxylic acids is 1. The summed E-state index contributed by atoms with van der Waals surface area (Å²) >= 11 is 5.93. The van der Waals surface area contributed by atoms with E-state index in [1.54, 1.807) is 36.1 Å². The summed E-state index contributed by atoms with van der Waals surface area (Å²) in [6, 6.07) is 15.5. The molecule has 144 valence electrons. The summed E-state index contributed by atoms with van der Waals surface area (Å²) in [6.45, 7) is 2.68. The number of halogens is 1. The molecule has 2 aromatic rings. The van der Waals surface area contributed by atoms with Crippen LogP contribution in [0.5, 0.6) is 0 Å². The second-order valence-electron chi connectivity index (χ2n) is 6.50. The van der Waals surface area contributed by atoms with Gasteiger partial charge in [0.05, 0.1) is 11.5 Å². The Kier molecular flexibility index (Phi) is 5.77. The van der Waals surface area contributed by atoms with Gasteiger partial charge in [0.2, 0.25) is 0 Å².